The third-order valence-corrected chi connectivity index (χ3v) is 3.71. The molecule has 22 heavy (non-hydrogen) atoms. The number of hydrogen-bond acceptors (Lipinski definition) is 3. The van der Waals surface area contributed by atoms with Crippen LogP contribution in [-0.2, 0) is 11.2 Å². The van der Waals surface area contributed by atoms with Gasteiger partial charge in [-0.2, -0.15) is 0 Å². The number of nitrogens with one attached hydrogen (secondary N) is 1. The van der Waals surface area contributed by atoms with Gasteiger partial charge in [-0.15, -0.1) is 0 Å². The molecule has 0 saturated carbocycles. The molecule has 1 amide bonds. The Hall–Kier alpha value is -2.01. The zero-order chi connectivity index (χ0) is 15.9. The van der Waals surface area contributed by atoms with Crippen molar-refractivity contribution in [3.8, 4) is 11.5 Å². The molecule has 0 aliphatic heterocycles. The van der Waals surface area contributed by atoms with Gasteiger partial charge in [0.2, 0.25) is 5.91 Å². The van der Waals surface area contributed by atoms with Gasteiger partial charge in [0.1, 0.15) is 11.5 Å². The van der Waals surface area contributed by atoms with Crippen molar-refractivity contribution < 1.29 is 14.3 Å². The van der Waals surface area contributed by atoms with E-state index in [1.165, 1.54) is 0 Å². The first-order valence-electron chi connectivity index (χ1n) is 6.88. The molecular formula is C17H18BrNO3. The van der Waals surface area contributed by atoms with E-state index in [0.29, 0.717) is 12.8 Å². The maximum Gasteiger partial charge on any atom is 0.224 e. The summed E-state index contributed by atoms with van der Waals surface area (Å²) >= 11 is 3.36. The van der Waals surface area contributed by atoms with E-state index in [1.54, 1.807) is 14.2 Å². The molecule has 116 valence electrons. The van der Waals surface area contributed by atoms with Gasteiger partial charge in [0, 0.05) is 22.6 Å². The van der Waals surface area contributed by atoms with E-state index in [2.05, 4.69) is 21.2 Å². The Bertz CT molecular complexity index is 619. The van der Waals surface area contributed by atoms with Crippen LogP contribution in [0.1, 0.15) is 12.0 Å². The third-order valence-electron chi connectivity index (χ3n) is 3.18. The van der Waals surface area contributed by atoms with Crippen LogP contribution < -0.4 is 14.8 Å². The molecule has 0 aromatic heterocycles. The number of amides is 1. The fourth-order valence-electron chi connectivity index (χ4n) is 2.03. The molecule has 5 heteroatoms. The molecule has 0 aliphatic carbocycles. The Morgan fingerprint density at radius 2 is 1.64 bits per heavy atom. The summed E-state index contributed by atoms with van der Waals surface area (Å²) in [5.41, 5.74) is 1.79. The van der Waals surface area contributed by atoms with Gasteiger partial charge < -0.3 is 14.8 Å². The summed E-state index contributed by atoms with van der Waals surface area (Å²) in [6.45, 7) is 0. The molecule has 0 heterocycles. The maximum atomic E-state index is 12.0. The van der Waals surface area contributed by atoms with Gasteiger partial charge >= 0.3 is 0 Å². The summed E-state index contributed by atoms with van der Waals surface area (Å²) in [6, 6.07) is 13.1. The number of methoxy groups -OCH3 is 2. The summed E-state index contributed by atoms with van der Waals surface area (Å²) in [6.07, 6.45) is 1.02. The average Bonchev–Trinajstić information content (AvgIpc) is 2.54. The molecule has 0 bridgehead atoms. The Balaban J connectivity index is 1.94. The van der Waals surface area contributed by atoms with Crippen LogP contribution >= 0.6 is 15.9 Å². The monoisotopic (exact) mass is 363 g/mol. The zero-order valence-corrected chi connectivity index (χ0v) is 14.1. The van der Waals surface area contributed by atoms with Crippen LogP contribution in [0.4, 0.5) is 5.69 Å². The quantitative estimate of drug-likeness (QED) is 0.842. The van der Waals surface area contributed by atoms with E-state index in [-0.39, 0.29) is 5.91 Å². The van der Waals surface area contributed by atoms with Gasteiger partial charge in [0.05, 0.1) is 14.2 Å². The van der Waals surface area contributed by atoms with Gasteiger partial charge in [-0.25, -0.2) is 0 Å². The smallest absolute Gasteiger partial charge is 0.224 e. The van der Waals surface area contributed by atoms with Crippen LogP contribution in [0.2, 0.25) is 0 Å². The molecule has 0 radical (unpaired) electrons. The van der Waals surface area contributed by atoms with E-state index in [9.17, 15) is 4.79 Å². The second kappa shape index (κ2) is 7.84. The summed E-state index contributed by atoms with van der Waals surface area (Å²) < 4.78 is 11.4. The minimum atomic E-state index is -0.0240. The Labute approximate surface area is 138 Å². The van der Waals surface area contributed by atoms with Gasteiger partial charge in [-0.05, 0) is 48.4 Å². The number of carbonyl (C=O) groups is 1. The molecule has 0 spiro atoms. The number of halogens is 1. The largest absolute Gasteiger partial charge is 0.497 e. The standard InChI is InChI=1S/C17H18BrNO3/c1-21-15-9-12(10-16(11-15)22-2)3-8-17(20)19-14-6-4-13(18)5-7-14/h4-7,9-11H,3,8H2,1-2H3,(H,19,20). The summed E-state index contributed by atoms with van der Waals surface area (Å²) in [7, 11) is 3.22. The van der Waals surface area contributed by atoms with Crippen LogP contribution in [0.15, 0.2) is 46.9 Å². The summed E-state index contributed by atoms with van der Waals surface area (Å²) in [5, 5.41) is 2.87. The number of aryl methyl sites for hydroxylation is 1. The second-order valence-corrected chi connectivity index (χ2v) is 5.69. The van der Waals surface area contributed by atoms with Gasteiger partial charge in [0.25, 0.3) is 0 Å². The lowest BCUT2D eigenvalue weighted by Crippen LogP contribution is -2.12. The van der Waals surface area contributed by atoms with Crippen molar-refractivity contribution in [2.75, 3.05) is 19.5 Å². The molecule has 0 fully saturated rings. The highest BCUT2D eigenvalue weighted by atomic mass is 79.9. The third kappa shape index (κ3) is 4.77. The Morgan fingerprint density at radius 3 is 2.18 bits per heavy atom. The second-order valence-electron chi connectivity index (χ2n) is 4.78. The molecule has 4 nitrogen and oxygen atoms in total. The first kappa shape index (κ1) is 16.4. The van der Waals surface area contributed by atoms with Crippen molar-refractivity contribution in [3.63, 3.8) is 0 Å². The molecule has 2 aromatic carbocycles. The lowest BCUT2D eigenvalue weighted by atomic mass is 10.1. The highest BCUT2D eigenvalue weighted by Crippen LogP contribution is 2.23. The number of rotatable bonds is 6. The van der Waals surface area contributed by atoms with E-state index in [4.69, 9.17) is 9.47 Å². The number of ether oxygens (including phenoxy) is 2. The van der Waals surface area contributed by atoms with Crippen molar-refractivity contribution >= 4 is 27.5 Å². The molecule has 0 saturated heterocycles. The first-order chi connectivity index (χ1) is 10.6. The van der Waals surface area contributed by atoms with Crippen molar-refractivity contribution in [1.29, 1.82) is 0 Å². The molecule has 0 unspecified atom stereocenters. The number of carbonyl (C=O) groups excluding carboxylic acids is 1. The van der Waals surface area contributed by atoms with Gasteiger partial charge in [-0.1, -0.05) is 15.9 Å². The number of benzene rings is 2. The predicted molar refractivity (Wildman–Crippen MR) is 90.6 cm³/mol. The van der Waals surface area contributed by atoms with Crippen molar-refractivity contribution in [2.24, 2.45) is 0 Å². The SMILES string of the molecule is COc1cc(CCC(=O)Nc2ccc(Br)cc2)cc(OC)c1. The molecule has 0 aliphatic rings. The zero-order valence-electron chi connectivity index (χ0n) is 12.6. The lowest BCUT2D eigenvalue weighted by molar-refractivity contribution is -0.116. The van der Waals surface area contributed by atoms with Gasteiger partial charge in [0.15, 0.2) is 0 Å². The van der Waals surface area contributed by atoms with Crippen LogP contribution in [0.5, 0.6) is 11.5 Å². The highest BCUT2D eigenvalue weighted by Gasteiger charge is 2.06. The normalized spacial score (nSPS) is 10.1. The lowest BCUT2D eigenvalue weighted by Gasteiger charge is -2.09. The Kier molecular flexibility index (Phi) is 5.83. The van der Waals surface area contributed by atoms with Crippen LogP contribution in [0.25, 0.3) is 0 Å². The van der Waals surface area contributed by atoms with E-state index in [1.807, 2.05) is 42.5 Å². The topological polar surface area (TPSA) is 47.6 Å². The highest BCUT2D eigenvalue weighted by molar-refractivity contribution is 9.10. The van der Waals surface area contributed by atoms with Crippen LogP contribution in [0, 0.1) is 0 Å². The maximum absolute atomic E-state index is 12.0. The molecular weight excluding hydrogens is 346 g/mol. The number of anilines is 1. The van der Waals surface area contributed by atoms with E-state index < -0.39 is 0 Å². The van der Waals surface area contributed by atoms with Crippen molar-refractivity contribution in [1.82, 2.24) is 0 Å². The molecule has 1 N–H and O–H groups in total. The summed E-state index contributed by atoms with van der Waals surface area (Å²) in [5.74, 6) is 1.43. The Morgan fingerprint density at radius 1 is 1.05 bits per heavy atom. The average molecular weight is 364 g/mol. The minimum Gasteiger partial charge on any atom is -0.497 e. The fourth-order valence-corrected chi connectivity index (χ4v) is 2.29. The van der Waals surface area contributed by atoms with Crippen LogP contribution in [0.3, 0.4) is 0 Å². The summed E-state index contributed by atoms with van der Waals surface area (Å²) in [4.78, 5) is 12.0. The number of hydrogen-bond donors (Lipinski definition) is 1. The van der Waals surface area contributed by atoms with E-state index in [0.717, 1.165) is 27.2 Å². The van der Waals surface area contributed by atoms with Crippen LogP contribution in [-0.4, -0.2) is 20.1 Å². The van der Waals surface area contributed by atoms with E-state index >= 15 is 0 Å². The van der Waals surface area contributed by atoms with Gasteiger partial charge in [-0.3, -0.25) is 4.79 Å². The predicted octanol–water partition coefficient (Wildman–Crippen LogP) is 4.04. The molecule has 2 aromatic rings. The molecule has 2 rings (SSSR count). The minimum absolute atomic E-state index is 0.0240. The fraction of sp³-hybridized carbons (Fsp3) is 0.235. The molecule has 0 atom stereocenters. The van der Waals surface area contributed by atoms with Crippen molar-refractivity contribution in [3.05, 3.63) is 52.5 Å². The van der Waals surface area contributed by atoms with Crippen molar-refractivity contribution in [2.45, 2.75) is 12.8 Å². The first-order valence-corrected chi connectivity index (χ1v) is 7.67.